The Labute approximate surface area is 186 Å². The molecule has 5 aromatic rings. The molecule has 0 radical (unpaired) electrons. The summed E-state index contributed by atoms with van der Waals surface area (Å²) < 4.78 is 7.64. The van der Waals surface area contributed by atoms with Crippen LogP contribution in [0.15, 0.2) is 75.1 Å². The lowest BCUT2D eigenvalue weighted by Crippen LogP contribution is -2.18. The number of hydrogen-bond donors (Lipinski definition) is 0. The number of benzene rings is 2. The first-order chi connectivity index (χ1) is 15.1. The molecule has 2 aromatic carbocycles. The average Bonchev–Trinajstić information content (AvgIpc) is 3.43. The smallest absolute Gasteiger partial charge is 0.271 e. The van der Waals surface area contributed by atoms with Crippen LogP contribution in [-0.4, -0.2) is 19.7 Å². The zero-order valence-corrected chi connectivity index (χ0v) is 18.5. The van der Waals surface area contributed by atoms with E-state index in [1.165, 1.54) is 23.1 Å². The molecule has 0 aliphatic heterocycles. The quantitative estimate of drug-likeness (QED) is 0.269. The van der Waals surface area contributed by atoms with Crippen LogP contribution in [0.4, 0.5) is 0 Å². The van der Waals surface area contributed by atoms with E-state index >= 15 is 0 Å². The molecule has 0 fully saturated rings. The maximum atomic E-state index is 12.9. The third-order valence-electron chi connectivity index (χ3n) is 4.84. The summed E-state index contributed by atoms with van der Waals surface area (Å²) in [6.07, 6.45) is 0. The van der Waals surface area contributed by atoms with E-state index in [4.69, 9.17) is 9.51 Å². The van der Waals surface area contributed by atoms with Gasteiger partial charge in [0, 0.05) is 17.5 Å². The Morgan fingerprint density at radius 1 is 1.03 bits per heavy atom. The Morgan fingerprint density at radius 3 is 2.65 bits per heavy atom. The normalized spacial score (nSPS) is 11.3. The van der Waals surface area contributed by atoms with E-state index in [1.54, 1.807) is 11.6 Å². The predicted octanol–water partition coefficient (Wildman–Crippen LogP) is 5.31. The minimum atomic E-state index is -0.0503. The maximum absolute atomic E-state index is 12.9. The summed E-state index contributed by atoms with van der Waals surface area (Å²) in [6.45, 7) is 2.02. The molecular formula is C23H18N4O2S2. The van der Waals surface area contributed by atoms with Gasteiger partial charge in [0.05, 0.1) is 11.3 Å². The molecule has 0 saturated carbocycles. The highest BCUT2D eigenvalue weighted by molar-refractivity contribution is 7.98. The summed E-state index contributed by atoms with van der Waals surface area (Å²) in [4.78, 5) is 23.1. The SMILES string of the molecule is Cc1cccc(-c2noc(CSc3nc4cc(-c5ccccc5)sc4c(=O)n3C)n2)c1. The molecule has 0 atom stereocenters. The first kappa shape index (κ1) is 19.7. The molecule has 31 heavy (non-hydrogen) atoms. The molecule has 0 amide bonds. The molecule has 6 nitrogen and oxygen atoms in total. The van der Waals surface area contributed by atoms with Crippen molar-refractivity contribution in [3.8, 4) is 21.8 Å². The second-order valence-electron chi connectivity index (χ2n) is 7.12. The Kier molecular flexibility index (Phi) is 5.17. The van der Waals surface area contributed by atoms with Gasteiger partial charge in [0.1, 0.15) is 4.70 Å². The highest BCUT2D eigenvalue weighted by Gasteiger charge is 2.15. The Bertz CT molecular complexity index is 1440. The van der Waals surface area contributed by atoms with E-state index in [2.05, 4.69) is 10.1 Å². The fourth-order valence-corrected chi connectivity index (χ4v) is 5.14. The summed E-state index contributed by atoms with van der Waals surface area (Å²) in [5.41, 5.74) is 3.79. The minimum Gasteiger partial charge on any atom is -0.338 e. The van der Waals surface area contributed by atoms with Crippen LogP contribution in [0.3, 0.4) is 0 Å². The van der Waals surface area contributed by atoms with E-state index in [0.29, 0.717) is 32.8 Å². The van der Waals surface area contributed by atoms with Gasteiger partial charge in [-0.3, -0.25) is 9.36 Å². The van der Waals surface area contributed by atoms with Gasteiger partial charge in [0.2, 0.25) is 11.7 Å². The number of fused-ring (bicyclic) bond motifs is 1. The molecule has 0 N–H and O–H groups in total. The standard InChI is InChI=1S/C23H18N4O2S2/c1-14-7-6-10-16(11-14)21-25-19(29-26-21)13-30-23-24-17-12-18(15-8-4-3-5-9-15)31-20(17)22(28)27(23)2/h3-12H,13H2,1-2H3. The van der Waals surface area contributed by atoms with E-state index < -0.39 is 0 Å². The molecule has 0 spiro atoms. The number of rotatable bonds is 5. The Morgan fingerprint density at radius 2 is 1.84 bits per heavy atom. The molecule has 0 bridgehead atoms. The van der Waals surface area contributed by atoms with E-state index in [9.17, 15) is 4.79 Å². The second kappa shape index (κ2) is 8.13. The van der Waals surface area contributed by atoms with Crippen LogP contribution in [0, 0.1) is 6.92 Å². The molecule has 0 unspecified atom stereocenters. The number of thioether (sulfide) groups is 1. The van der Waals surface area contributed by atoms with Crippen LogP contribution >= 0.6 is 23.1 Å². The predicted molar refractivity (Wildman–Crippen MR) is 124 cm³/mol. The molecule has 0 aliphatic carbocycles. The first-order valence-electron chi connectivity index (χ1n) is 9.67. The highest BCUT2D eigenvalue weighted by atomic mass is 32.2. The monoisotopic (exact) mass is 446 g/mol. The lowest BCUT2D eigenvalue weighted by molar-refractivity contribution is 0.391. The zero-order chi connectivity index (χ0) is 21.4. The van der Waals surface area contributed by atoms with Crippen LogP contribution < -0.4 is 5.56 Å². The van der Waals surface area contributed by atoms with Gasteiger partial charge in [0.15, 0.2) is 5.16 Å². The van der Waals surface area contributed by atoms with E-state index in [1.807, 2.05) is 67.6 Å². The van der Waals surface area contributed by atoms with Crippen LogP contribution in [0.1, 0.15) is 11.5 Å². The van der Waals surface area contributed by atoms with E-state index in [-0.39, 0.29) is 5.56 Å². The van der Waals surface area contributed by atoms with Crippen molar-refractivity contribution in [1.82, 2.24) is 19.7 Å². The van der Waals surface area contributed by atoms with Gasteiger partial charge in [-0.15, -0.1) is 11.3 Å². The first-order valence-corrected chi connectivity index (χ1v) is 11.5. The zero-order valence-electron chi connectivity index (χ0n) is 16.9. The average molecular weight is 447 g/mol. The van der Waals surface area contributed by atoms with Crippen molar-refractivity contribution in [2.24, 2.45) is 7.05 Å². The molecule has 3 heterocycles. The van der Waals surface area contributed by atoms with Gasteiger partial charge >= 0.3 is 0 Å². The van der Waals surface area contributed by atoms with Gasteiger partial charge in [-0.05, 0) is 24.6 Å². The molecule has 8 heteroatoms. The highest BCUT2D eigenvalue weighted by Crippen LogP contribution is 2.32. The van der Waals surface area contributed by atoms with Gasteiger partial charge in [0.25, 0.3) is 5.56 Å². The molecule has 154 valence electrons. The third-order valence-corrected chi connectivity index (χ3v) is 7.02. The largest absolute Gasteiger partial charge is 0.338 e. The minimum absolute atomic E-state index is 0.0503. The van der Waals surface area contributed by atoms with Crippen LogP contribution in [-0.2, 0) is 12.8 Å². The number of aryl methyl sites for hydroxylation is 1. The van der Waals surface area contributed by atoms with Crippen molar-refractivity contribution in [2.45, 2.75) is 17.8 Å². The lowest BCUT2D eigenvalue weighted by atomic mass is 10.1. The maximum Gasteiger partial charge on any atom is 0.271 e. The lowest BCUT2D eigenvalue weighted by Gasteiger charge is -2.05. The topological polar surface area (TPSA) is 73.8 Å². The van der Waals surface area contributed by atoms with Gasteiger partial charge < -0.3 is 4.52 Å². The van der Waals surface area contributed by atoms with Crippen LogP contribution in [0.2, 0.25) is 0 Å². The van der Waals surface area contributed by atoms with Gasteiger partial charge in [-0.2, -0.15) is 4.98 Å². The van der Waals surface area contributed by atoms with Crippen molar-refractivity contribution < 1.29 is 4.52 Å². The summed E-state index contributed by atoms with van der Waals surface area (Å²) in [5.74, 6) is 1.48. The molecule has 5 rings (SSSR count). The second-order valence-corrected chi connectivity index (χ2v) is 9.11. The van der Waals surface area contributed by atoms with Crippen LogP contribution in [0.25, 0.3) is 32.0 Å². The summed E-state index contributed by atoms with van der Waals surface area (Å²) in [6, 6.07) is 20.0. The van der Waals surface area contributed by atoms with Gasteiger partial charge in [-0.25, -0.2) is 4.98 Å². The van der Waals surface area contributed by atoms with Crippen molar-refractivity contribution in [3.05, 3.63) is 82.5 Å². The molecule has 0 saturated heterocycles. The summed E-state index contributed by atoms with van der Waals surface area (Å²) >= 11 is 2.88. The van der Waals surface area contributed by atoms with Gasteiger partial charge in [-0.1, -0.05) is 71.0 Å². The fourth-order valence-electron chi connectivity index (χ4n) is 3.25. The fraction of sp³-hybridized carbons (Fsp3) is 0.130. The van der Waals surface area contributed by atoms with Crippen molar-refractivity contribution in [3.63, 3.8) is 0 Å². The molecular weight excluding hydrogens is 428 g/mol. The number of nitrogens with zero attached hydrogens (tertiary/aromatic N) is 4. The van der Waals surface area contributed by atoms with Crippen molar-refractivity contribution in [1.29, 1.82) is 0 Å². The Hall–Kier alpha value is -3.23. The number of aromatic nitrogens is 4. The summed E-state index contributed by atoms with van der Waals surface area (Å²) in [5, 5.41) is 4.70. The van der Waals surface area contributed by atoms with Crippen molar-refractivity contribution >= 4 is 33.3 Å². The van der Waals surface area contributed by atoms with Crippen LogP contribution in [0.5, 0.6) is 0 Å². The molecule has 3 aromatic heterocycles. The number of thiophene rings is 1. The molecule has 0 aliphatic rings. The van der Waals surface area contributed by atoms with Crippen molar-refractivity contribution in [2.75, 3.05) is 0 Å². The number of hydrogen-bond acceptors (Lipinski definition) is 7. The Balaban J connectivity index is 1.41. The summed E-state index contributed by atoms with van der Waals surface area (Å²) in [7, 11) is 1.74. The van der Waals surface area contributed by atoms with E-state index in [0.717, 1.165) is 21.6 Å². The third kappa shape index (κ3) is 3.92.